The number of fused-ring (bicyclic) bond motifs is 1. The molecule has 0 amide bonds. The highest BCUT2D eigenvalue weighted by atomic mass is 35.5. The van der Waals surface area contributed by atoms with Gasteiger partial charge in [0.25, 0.3) is 0 Å². The second-order valence-corrected chi connectivity index (χ2v) is 11.9. The van der Waals surface area contributed by atoms with Crippen molar-refractivity contribution in [2.75, 3.05) is 50.7 Å². The van der Waals surface area contributed by atoms with E-state index >= 15 is 0 Å². The van der Waals surface area contributed by atoms with Gasteiger partial charge in [-0.05, 0) is 50.3 Å². The summed E-state index contributed by atoms with van der Waals surface area (Å²) in [7, 11) is 3.07. The Kier molecular flexibility index (Phi) is 9.13. The second-order valence-electron chi connectivity index (χ2n) is 11.1. The molecule has 9 nitrogen and oxygen atoms in total. The minimum Gasteiger partial charge on any atom is -0.495 e. The Hall–Kier alpha value is -3.11. The Morgan fingerprint density at radius 2 is 1.90 bits per heavy atom. The molecule has 4 heterocycles. The molecule has 5 rings (SSSR count). The molecule has 1 aromatic carbocycles. The monoisotopic (exact) mass is 614 g/mol. The fourth-order valence-corrected chi connectivity index (χ4v) is 6.30. The van der Waals surface area contributed by atoms with E-state index in [1.807, 2.05) is 19.1 Å². The zero-order chi connectivity index (χ0) is 30.0. The summed E-state index contributed by atoms with van der Waals surface area (Å²) in [4.78, 5) is 24.1. The van der Waals surface area contributed by atoms with Gasteiger partial charge in [0.1, 0.15) is 23.1 Å². The number of rotatable bonds is 9. The molecule has 0 unspecified atom stereocenters. The van der Waals surface area contributed by atoms with Crippen molar-refractivity contribution in [2.45, 2.75) is 44.2 Å². The summed E-state index contributed by atoms with van der Waals surface area (Å²) in [6, 6.07) is 5.45. The van der Waals surface area contributed by atoms with E-state index in [1.165, 1.54) is 20.3 Å². The van der Waals surface area contributed by atoms with Crippen LogP contribution in [0.25, 0.3) is 22.0 Å². The van der Waals surface area contributed by atoms with Gasteiger partial charge < -0.3 is 29.5 Å². The summed E-state index contributed by atoms with van der Waals surface area (Å²) in [5.41, 5.74) is 0.315. The molecule has 2 atom stereocenters. The van der Waals surface area contributed by atoms with Crippen LogP contribution in [0.3, 0.4) is 0 Å². The van der Waals surface area contributed by atoms with Gasteiger partial charge in [0.2, 0.25) is 0 Å². The fourth-order valence-electron chi connectivity index (χ4n) is 5.61. The van der Waals surface area contributed by atoms with Crippen LogP contribution < -0.4 is 19.7 Å². The number of anilines is 2. The Balaban J connectivity index is 1.60. The Morgan fingerprint density at radius 3 is 2.55 bits per heavy atom. The molecule has 0 saturated carbocycles. The van der Waals surface area contributed by atoms with Gasteiger partial charge in [0, 0.05) is 54.7 Å². The van der Waals surface area contributed by atoms with Crippen molar-refractivity contribution in [3.8, 4) is 22.8 Å². The van der Waals surface area contributed by atoms with Crippen LogP contribution in [0.5, 0.6) is 11.5 Å². The van der Waals surface area contributed by atoms with Crippen LogP contribution in [0.2, 0.25) is 10.0 Å². The molecule has 2 N–H and O–H groups in total. The number of ether oxygens (including phenoxy) is 3. The molecular formula is C31H36Cl2N4O5. The second kappa shape index (κ2) is 12.6. The van der Waals surface area contributed by atoms with Gasteiger partial charge in [0.05, 0.1) is 48.2 Å². The van der Waals surface area contributed by atoms with E-state index in [4.69, 9.17) is 47.4 Å². The first-order valence-corrected chi connectivity index (χ1v) is 14.8. The third-order valence-electron chi connectivity index (χ3n) is 8.19. The maximum Gasteiger partial charge on any atom is 0.155 e. The van der Waals surface area contributed by atoms with Crippen LogP contribution in [0.15, 0.2) is 37.1 Å². The van der Waals surface area contributed by atoms with Crippen molar-refractivity contribution >= 4 is 51.4 Å². The van der Waals surface area contributed by atoms with Crippen LogP contribution in [0, 0.1) is 5.92 Å². The van der Waals surface area contributed by atoms with Gasteiger partial charge in [-0.25, -0.2) is 9.97 Å². The minimum atomic E-state index is -0.732. The van der Waals surface area contributed by atoms with E-state index < -0.39 is 5.60 Å². The molecule has 0 aliphatic carbocycles. The first kappa shape index (κ1) is 30.4. The molecule has 2 aliphatic rings. The molecular weight excluding hydrogens is 579 g/mol. The smallest absolute Gasteiger partial charge is 0.155 e. The lowest BCUT2D eigenvalue weighted by molar-refractivity contribution is -0.116. The zero-order valence-corrected chi connectivity index (χ0v) is 25.6. The fraction of sp³-hybridized carbons (Fsp3) is 0.452. The number of hydrogen-bond acceptors (Lipinski definition) is 9. The van der Waals surface area contributed by atoms with Gasteiger partial charge in [-0.15, -0.1) is 0 Å². The number of nitrogens with zero attached hydrogens (tertiary/aromatic N) is 3. The highest BCUT2D eigenvalue weighted by molar-refractivity contribution is 6.41. The molecule has 11 heteroatoms. The standard InChI is InChI=1S/C31H36Cl2N4O5/c1-5-20(38)12-18-6-11-42-17-23(18)35-26-14-21-19(16-34-26)13-22(36-30(21)37-9-7-31(2,39)8-10-37)27-28(32)24(40-3)15-25(41-4)29(27)33/h5,13-16,18,23,39H,1,6-12,17H2,2-4H3,(H,34,35)/t18-,23-/m1/s1. The van der Waals surface area contributed by atoms with Crippen LogP contribution in [0.4, 0.5) is 11.6 Å². The maximum absolute atomic E-state index is 12.1. The first-order valence-electron chi connectivity index (χ1n) is 14.0. The van der Waals surface area contributed by atoms with E-state index in [9.17, 15) is 9.90 Å². The number of piperidine rings is 1. The largest absolute Gasteiger partial charge is 0.495 e. The highest BCUT2D eigenvalue weighted by Gasteiger charge is 2.31. The number of ketones is 1. The van der Waals surface area contributed by atoms with E-state index in [0.29, 0.717) is 84.2 Å². The number of aliphatic hydroxyl groups is 1. The van der Waals surface area contributed by atoms with Gasteiger partial charge in [-0.2, -0.15) is 0 Å². The number of carbonyl (C=O) groups is 1. The van der Waals surface area contributed by atoms with Crippen LogP contribution in [-0.4, -0.2) is 73.0 Å². The van der Waals surface area contributed by atoms with E-state index in [2.05, 4.69) is 16.8 Å². The lowest BCUT2D eigenvalue weighted by Crippen LogP contribution is -2.42. The molecule has 0 radical (unpaired) electrons. The molecule has 0 bridgehead atoms. The van der Waals surface area contributed by atoms with Crippen LogP contribution >= 0.6 is 23.2 Å². The highest BCUT2D eigenvalue weighted by Crippen LogP contribution is 2.47. The average molecular weight is 616 g/mol. The first-order chi connectivity index (χ1) is 20.1. The lowest BCUT2D eigenvalue weighted by Gasteiger charge is -2.37. The quantitative estimate of drug-likeness (QED) is 0.283. The third-order valence-corrected chi connectivity index (χ3v) is 8.94. The molecule has 224 valence electrons. The van der Waals surface area contributed by atoms with Crippen molar-refractivity contribution in [3.05, 3.63) is 47.1 Å². The van der Waals surface area contributed by atoms with E-state index in [-0.39, 0.29) is 17.7 Å². The number of benzene rings is 1. The molecule has 2 aliphatic heterocycles. The van der Waals surface area contributed by atoms with Crippen LogP contribution in [-0.2, 0) is 9.53 Å². The number of halogens is 2. The number of nitrogens with one attached hydrogen (secondary N) is 1. The average Bonchev–Trinajstić information content (AvgIpc) is 2.98. The van der Waals surface area contributed by atoms with E-state index in [0.717, 1.165) is 23.0 Å². The molecule has 0 spiro atoms. The predicted octanol–water partition coefficient (Wildman–Crippen LogP) is 5.93. The molecule has 2 aromatic heterocycles. The molecule has 2 fully saturated rings. The van der Waals surface area contributed by atoms with E-state index in [1.54, 1.807) is 12.3 Å². The number of hydrogen-bond donors (Lipinski definition) is 2. The maximum atomic E-state index is 12.1. The minimum absolute atomic E-state index is 0.0201. The Labute approximate surface area is 255 Å². The van der Waals surface area contributed by atoms with Crippen molar-refractivity contribution in [1.82, 2.24) is 9.97 Å². The number of carbonyl (C=O) groups excluding carboxylic acids is 1. The summed E-state index contributed by atoms with van der Waals surface area (Å²) >= 11 is 13.6. The molecule has 3 aromatic rings. The van der Waals surface area contributed by atoms with Crippen molar-refractivity contribution < 1.29 is 24.1 Å². The SMILES string of the molecule is C=CC(=O)C[C@H]1CCOC[C@H]1Nc1cc2c(N3CCC(C)(O)CC3)nc(-c3c(Cl)c(OC)cc(OC)c3Cl)cc2cn1. The summed E-state index contributed by atoms with van der Waals surface area (Å²) in [6.45, 7) is 7.82. The summed E-state index contributed by atoms with van der Waals surface area (Å²) in [5, 5.41) is 16.5. The number of pyridine rings is 2. The topological polar surface area (TPSA) is 106 Å². The summed E-state index contributed by atoms with van der Waals surface area (Å²) in [6.07, 6.45) is 5.56. The third kappa shape index (κ3) is 6.29. The number of aromatic nitrogens is 2. The number of methoxy groups -OCH3 is 2. The zero-order valence-electron chi connectivity index (χ0n) is 24.1. The molecule has 42 heavy (non-hydrogen) atoms. The summed E-state index contributed by atoms with van der Waals surface area (Å²) in [5.74, 6) is 2.36. The normalized spacial score (nSPS) is 20.3. The Morgan fingerprint density at radius 1 is 1.21 bits per heavy atom. The summed E-state index contributed by atoms with van der Waals surface area (Å²) < 4.78 is 16.7. The Bertz CT molecular complexity index is 1460. The van der Waals surface area contributed by atoms with Crippen LogP contribution in [0.1, 0.15) is 32.6 Å². The van der Waals surface area contributed by atoms with Gasteiger partial charge in [-0.3, -0.25) is 4.79 Å². The van der Waals surface area contributed by atoms with Gasteiger partial charge in [-0.1, -0.05) is 29.8 Å². The lowest BCUT2D eigenvalue weighted by atomic mass is 9.89. The molecule has 2 saturated heterocycles. The van der Waals surface area contributed by atoms with Crippen molar-refractivity contribution in [2.24, 2.45) is 5.92 Å². The van der Waals surface area contributed by atoms with Crippen molar-refractivity contribution in [1.29, 1.82) is 0 Å². The van der Waals surface area contributed by atoms with Gasteiger partial charge in [0.15, 0.2) is 5.78 Å². The van der Waals surface area contributed by atoms with Crippen molar-refractivity contribution in [3.63, 3.8) is 0 Å². The van der Waals surface area contributed by atoms with Gasteiger partial charge >= 0.3 is 0 Å². The predicted molar refractivity (Wildman–Crippen MR) is 166 cm³/mol. The number of allylic oxidation sites excluding steroid dienone is 1.